The van der Waals surface area contributed by atoms with Crippen LogP contribution in [0.15, 0.2) is 97.0 Å². The van der Waals surface area contributed by atoms with Gasteiger partial charge in [0.1, 0.15) is 53.4 Å². The van der Waals surface area contributed by atoms with E-state index >= 15 is 0 Å². The van der Waals surface area contributed by atoms with Crippen LogP contribution in [0.4, 0.5) is 15.3 Å². The lowest BCUT2D eigenvalue weighted by Gasteiger charge is -2.42. The van der Waals surface area contributed by atoms with Crippen LogP contribution in [0.25, 0.3) is 11.1 Å². The lowest BCUT2D eigenvalue weighted by Crippen LogP contribution is -2.63. The molecule has 4 bridgehead atoms. The Labute approximate surface area is 557 Å². The van der Waals surface area contributed by atoms with Gasteiger partial charge in [0.25, 0.3) is 0 Å². The molecule has 4 heterocycles. The average Bonchev–Trinajstić information content (AvgIpc) is 1.59. The van der Waals surface area contributed by atoms with Gasteiger partial charge in [0, 0.05) is 79.3 Å². The van der Waals surface area contributed by atoms with Gasteiger partial charge in [-0.05, 0) is 67.1 Å². The fraction of sp³-hybridized carbons (Fsp3) is 0.507. The van der Waals surface area contributed by atoms with E-state index in [0.29, 0.717) is 23.6 Å². The van der Waals surface area contributed by atoms with Crippen molar-refractivity contribution < 1.29 is 81.4 Å². The first-order chi connectivity index (χ1) is 45.2. The molecule has 27 nitrogen and oxygen atoms in total. The highest BCUT2D eigenvalue weighted by molar-refractivity contribution is 6.35. The molecule has 28 heteroatoms. The van der Waals surface area contributed by atoms with Crippen molar-refractivity contribution in [3.63, 3.8) is 0 Å². The van der Waals surface area contributed by atoms with Gasteiger partial charge in [0.05, 0.1) is 83.2 Å². The number of carbonyl (C=O) groups excluding carboxylic acids is 8. The van der Waals surface area contributed by atoms with E-state index in [1.165, 1.54) is 43.0 Å². The summed E-state index contributed by atoms with van der Waals surface area (Å²) < 4.78 is 48.2. The van der Waals surface area contributed by atoms with E-state index in [-0.39, 0.29) is 82.9 Å². The molecule has 514 valence electrons. The first-order valence-electron chi connectivity index (χ1n) is 31.4. The maximum atomic E-state index is 14.4. The number of aromatic nitrogens is 2. The molecule has 0 radical (unpaired) electrons. The lowest BCUT2D eigenvalue weighted by molar-refractivity contribution is -0.162. The molecule has 8 rings (SSSR count). The molecule has 3 aliphatic heterocycles. The van der Waals surface area contributed by atoms with Crippen molar-refractivity contribution in [2.75, 3.05) is 86.9 Å². The molecule has 7 amide bonds. The second kappa shape index (κ2) is 32.3. The van der Waals surface area contributed by atoms with Crippen LogP contribution in [0.5, 0.6) is 5.75 Å². The van der Waals surface area contributed by atoms with Crippen LogP contribution in [0, 0.1) is 5.92 Å². The Balaban J connectivity index is 0.754. The number of nitrogens with zero attached hydrogens (tertiary/aromatic N) is 6. The Morgan fingerprint density at radius 3 is 2.33 bits per heavy atom. The molecule has 6 N–H and O–H groups in total. The summed E-state index contributed by atoms with van der Waals surface area (Å²) in [4.78, 5) is 113. The Hall–Kier alpha value is -8.44. The molecule has 4 aliphatic rings. The van der Waals surface area contributed by atoms with Gasteiger partial charge < -0.3 is 73.7 Å². The molecule has 3 aromatic carbocycles. The molecule has 2 fully saturated rings. The quantitative estimate of drug-likeness (QED) is 0.0183. The van der Waals surface area contributed by atoms with Gasteiger partial charge in [-0.25, -0.2) is 29.4 Å². The van der Waals surface area contributed by atoms with Crippen molar-refractivity contribution in [1.82, 2.24) is 40.4 Å². The summed E-state index contributed by atoms with van der Waals surface area (Å²) in [5.41, 5.74) is 9.30. The number of rotatable bonds is 26. The van der Waals surface area contributed by atoms with Crippen molar-refractivity contribution in [2.45, 2.75) is 133 Å². The number of aliphatic hydroxyl groups is 1. The maximum absolute atomic E-state index is 14.4. The topological polar surface area (TPSA) is 327 Å². The number of esters is 1. The fourth-order valence-electron chi connectivity index (χ4n) is 11.9. The molecule has 95 heavy (non-hydrogen) atoms. The minimum atomic E-state index is -1.89. The number of likely N-dealkylation sites (N-methyl/N-ethyl adjacent to an activating group) is 1. The van der Waals surface area contributed by atoms with E-state index in [0.717, 1.165) is 33.4 Å². The van der Waals surface area contributed by atoms with Crippen molar-refractivity contribution in [1.29, 1.82) is 0 Å². The van der Waals surface area contributed by atoms with Crippen LogP contribution >= 0.6 is 11.6 Å². The van der Waals surface area contributed by atoms with Crippen LogP contribution in [0.3, 0.4) is 0 Å². The number of ether oxygens (including phenoxy) is 8. The number of amides is 7. The van der Waals surface area contributed by atoms with Gasteiger partial charge >= 0.3 is 18.2 Å². The molecule has 1 unspecified atom stereocenters. The highest BCUT2D eigenvalue weighted by atomic mass is 35.5. The highest BCUT2D eigenvalue weighted by Gasteiger charge is 2.64. The Morgan fingerprint density at radius 1 is 0.968 bits per heavy atom. The average molecular weight is 1340 g/mol. The molecule has 1 aromatic heterocycles. The maximum Gasteiger partial charge on any atom is 0.424 e. The molecule has 0 saturated carbocycles. The van der Waals surface area contributed by atoms with E-state index in [1.807, 2.05) is 37.3 Å². The molecular formula is C67H87ClN10O17. The number of epoxide rings is 1. The van der Waals surface area contributed by atoms with Crippen molar-refractivity contribution in [3.05, 3.63) is 124 Å². The number of alkyl carbamates (subject to hydrolysis) is 1. The fourth-order valence-corrected chi connectivity index (χ4v) is 12.2. The number of nitrogens with one attached hydrogen (secondary N) is 3. The number of hydrogen-bond donors (Lipinski definition) is 5. The molecule has 2 saturated heterocycles. The molecule has 1 aliphatic carbocycles. The van der Waals surface area contributed by atoms with Crippen molar-refractivity contribution in [3.8, 4) is 16.9 Å². The number of fused-ring (bicyclic) bond motifs is 8. The van der Waals surface area contributed by atoms with Crippen LogP contribution < -0.4 is 31.3 Å². The van der Waals surface area contributed by atoms with Crippen LogP contribution in [-0.2, 0) is 81.4 Å². The second-order valence-corrected chi connectivity index (χ2v) is 24.8. The normalized spacial score (nSPS) is 23.2. The molecule has 4 aromatic rings. The van der Waals surface area contributed by atoms with Crippen molar-refractivity contribution in [2.24, 2.45) is 11.7 Å². The Kier molecular flexibility index (Phi) is 24.6. The van der Waals surface area contributed by atoms with Gasteiger partial charge in [-0.15, -0.1) is 0 Å². The summed E-state index contributed by atoms with van der Waals surface area (Å²) in [6, 6.07) is 17.3. The van der Waals surface area contributed by atoms with Crippen molar-refractivity contribution >= 4 is 65.0 Å². The zero-order valence-corrected chi connectivity index (χ0v) is 56.1. The highest BCUT2D eigenvalue weighted by Crippen LogP contribution is 2.50. The standard InChI is InChI=1S/C67H87ClN10O17/c1-40-16-15-21-54(89-10)67(87)35-53(93-64(85)73-67)41(2)61-66(4,95-61)55(34-59(82)76(7)51-31-43(30-40)32-52(88-9)60(51)68)94-63(84)42(3)75(6)58(81)23-26-90-28-29-91-27-24-70-62(83)50(33-56(69)79)72-57(80)22-25-78-37-44(71-39-78)36-74(5)77(8)65(86)92-38-49-47-19-13-11-17-45(47)46-18-12-14-20-48(46)49/h11-21,31-32,37,39,41-42,49-50,53-55,61,87H,22-30,33-36,38H2,1-10H3,(H2,69,79)(H,70,83)(H,72,80)(H,73,85)/b21-15+,40-16+/t41-,42+,50+,53+,54-,55+,61?,66+,67+/m1/s1. The predicted octanol–water partition coefficient (Wildman–Crippen LogP) is 4.93. The molecule has 9 atom stereocenters. The summed E-state index contributed by atoms with van der Waals surface area (Å²) in [6.45, 7) is 7.59. The Morgan fingerprint density at radius 2 is 1.65 bits per heavy atom. The SMILES string of the molecule is COc1cc2cc(c1Cl)N(C)C(=O)C[C@H](OC(=O)[C@H](C)N(C)C(=O)CCOCCOCCNC(=O)[C@H](CC(N)=O)NC(=O)CCn1cnc(CN(C)N(C)C(=O)OCC3c4ccccc4-c4ccccc43)c1)[C@]1(C)OC1[C@H](C)[C@@H]1C[C@@](O)(NC(=O)O1)[C@H](OC)/C=C/C=C(\C)C2. The lowest BCUT2D eigenvalue weighted by atomic mass is 9.83. The smallest absolute Gasteiger partial charge is 0.424 e. The number of imidazole rings is 1. The number of carbonyl (C=O) groups is 8. The number of halogens is 1. The van der Waals surface area contributed by atoms with E-state index < -0.39 is 114 Å². The van der Waals surface area contributed by atoms with Crippen LogP contribution in [0.2, 0.25) is 5.02 Å². The number of aryl methyl sites for hydroxylation is 1. The third-order valence-corrected chi connectivity index (χ3v) is 18.1. The number of benzene rings is 3. The number of nitrogens with two attached hydrogens (primary N) is 1. The molecular weight excluding hydrogens is 1250 g/mol. The van der Waals surface area contributed by atoms with Crippen LogP contribution in [-0.4, -0.2) is 207 Å². The van der Waals surface area contributed by atoms with E-state index in [9.17, 15) is 43.5 Å². The summed E-state index contributed by atoms with van der Waals surface area (Å²) in [5.74, 6) is -4.13. The van der Waals surface area contributed by atoms with Gasteiger partial charge in [-0.1, -0.05) is 90.9 Å². The first kappa shape index (κ1) is 72.4. The third kappa shape index (κ3) is 18.1. The van der Waals surface area contributed by atoms with E-state index in [4.69, 9.17) is 55.2 Å². The number of allylic oxidation sites excluding steroid dienone is 3. The number of primary amides is 1. The summed E-state index contributed by atoms with van der Waals surface area (Å²) in [5, 5.41) is 22.8. The van der Waals surface area contributed by atoms with Gasteiger partial charge in [-0.3, -0.25) is 29.3 Å². The summed E-state index contributed by atoms with van der Waals surface area (Å²) in [7, 11) is 9.18. The number of anilines is 1. The van der Waals surface area contributed by atoms with Gasteiger partial charge in [0.2, 0.25) is 29.5 Å². The largest absolute Gasteiger partial charge is 0.495 e. The zero-order chi connectivity index (χ0) is 68.9. The summed E-state index contributed by atoms with van der Waals surface area (Å²) >= 11 is 6.83. The monoisotopic (exact) mass is 1340 g/mol. The van der Waals surface area contributed by atoms with Gasteiger partial charge in [-0.2, -0.15) is 0 Å². The van der Waals surface area contributed by atoms with Crippen LogP contribution in [0.1, 0.15) is 88.1 Å². The van der Waals surface area contributed by atoms with E-state index in [1.54, 1.807) is 81.4 Å². The Bertz CT molecular complexity index is 3470. The molecule has 0 spiro atoms. The zero-order valence-electron chi connectivity index (χ0n) is 55.3. The van der Waals surface area contributed by atoms with E-state index in [2.05, 4.69) is 45.2 Å². The number of hydrazine groups is 1. The first-order valence-corrected chi connectivity index (χ1v) is 31.8. The minimum Gasteiger partial charge on any atom is -0.495 e. The third-order valence-electron chi connectivity index (χ3n) is 17.7. The summed E-state index contributed by atoms with van der Waals surface area (Å²) in [6.07, 6.45) is 2.40. The second-order valence-electron chi connectivity index (χ2n) is 24.5. The number of methoxy groups -OCH3 is 2. The predicted molar refractivity (Wildman–Crippen MR) is 347 cm³/mol. The van der Waals surface area contributed by atoms with Gasteiger partial charge in [0.15, 0.2) is 5.72 Å². The minimum absolute atomic E-state index is 0.0150. The number of hydrogen-bond acceptors (Lipinski definition) is 19.